The van der Waals surface area contributed by atoms with Crippen molar-refractivity contribution in [2.45, 2.75) is 20.3 Å². The van der Waals surface area contributed by atoms with E-state index in [4.69, 9.17) is 0 Å². The first-order chi connectivity index (χ1) is 5.22. The molecule has 1 rings (SSSR count). The van der Waals surface area contributed by atoms with Crippen LogP contribution in [0.4, 0.5) is 0 Å². The van der Waals surface area contributed by atoms with Crippen LogP contribution in [0.15, 0.2) is 0 Å². The Morgan fingerprint density at radius 1 is 1.27 bits per heavy atom. The number of rotatable bonds is 2. The molecular formula is C9H22N2+2. The summed E-state index contributed by atoms with van der Waals surface area (Å²) in [5.74, 6) is 1.86. The Balaban J connectivity index is 2.30. The fourth-order valence-electron chi connectivity index (χ4n) is 2.38. The van der Waals surface area contributed by atoms with Crippen LogP contribution in [-0.4, -0.2) is 26.2 Å². The molecule has 0 amide bonds. The van der Waals surface area contributed by atoms with Crippen molar-refractivity contribution in [3.8, 4) is 0 Å². The highest BCUT2D eigenvalue weighted by Crippen LogP contribution is 2.11. The number of nitrogens with one attached hydrogen (secondary N) is 1. The average Bonchev–Trinajstić information content (AvgIpc) is 1.85. The summed E-state index contributed by atoms with van der Waals surface area (Å²) in [7, 11) is 0. The predicted octanol–water partition coefficient (Wildman–Crippen LogP) is -1.21. The molecule has 1 heterocycles. The lowest BCUT2D eigenvalue weighted by Crippen LogP contribution is -3.15. The third kappa shape index (κ3) is 2.80. The van der Waals surface area contributed by atoms with Gasteiger partial charge in [-0.3, -0.25) is 0 Å². The van der Waals surface area contributed by atoms with Gasteiger partial charge in [0.05, 0.1) is 13.1 Å². The number of hydrogen-bond acceptors (Lipinski definition) is 0. The Bertz CT molecular complexity index is 104. The molecule has 2 heteroatoms. The summed E-state index contributed by atoms with van der Waals surface area (Å²) in [5, 5.41) is 0. The van der Waals surface area contributed by atoms with Gasteiger partial charge in [-0.2, -0.15) is 0 Å². The van der Waals surface area contributed by atoms with Crippen molar-refractivity contribution in [2.24, 2.45) is 11.8 Å². The van der Waals surface area contributed by atoms with Gasteiger partial charge in [-0.05, 0) is 6.42 Å². The van der Waals surface area contributed by atoms with Gasteiger partial charge in [0.1, 0.15) is 13.1 Å². The van der Waals surface area contributed by atoms with Crippen molar-refractivity contribution in [1.29, 1.82) is 0 Å². The largest absolute Gasteiger partial charge is 0.353 e. The molecule has 66 valence electrons. The molecule has 1 saturated heterocycles. The van der Waals surface area contributed by atoms with E-state index < -0.39 is 0 Å². The highest BCUT2D eigenvalue weighted by Gasteiger charge is 2.24. The van der Waals surface area contributed by atoms with E-state index in [1.165, 1.54) is 26.1 Å². The van der Waals surface area contributed by atoms with Crippen LogP contribution in [0.3, 0.4) is 0 Å². The fraction of sp³-hybridized carbons (Fsp3) is 1.00. The van der Waals surface area contributed by atoms with Crippen LogP contribution in [0.2, 0.25) is 0 Å². The molecule has 2 nitrogen and oxygen atoms in total. The van der Waals surface area contributed by atoms with E-state index in [0.29, 0.717) is 0 Å². The number of piperidine rings is 1. The molecule has 0 radical (unpaired) electrons. The van der Waals surface area contributed by atoms with Crippen LogP contribution in [0, 0.1) is 11.8 Å². The molecule has 0 aromatic rings. The molecule has 0 aromatic heterocycles. The van der Waals surface area contributed by atoms with Crippen molar-refractivity contribution in [3.63, 3.8) is 0 Å². The molecule has 0 bridgehead atoms. The normalized spacial score (nSPS) is 39.0. The lowest BCUT2D eigenvalue weighted by atomic mass is 9.92. The van der Waals surface area contributed by atoms with E-state index in [-0.39, 0.29) is 0 Å². The molecule has 1 aliphatic rings. The zero-order valence-electron chi connectivity index (χ0n) is 7.90. The summed E-state index contributed by atoms with van der Waals surface area (Å²) in [6, 6.07) is 0. The molecule has 4 N–H and O–H groups in total. The summed E-state index contributed by atoms with van der Waals surface area (Å²) >= 11 is 0. The van der Waals surface area contributed by atoms with Gasteiger partial charge >= 0.3 is 0 Å². The van der Waals surface area contributed by atoms with Gasteiger partial charge in [0.25, 0.3) is 0 Å². The maximum Gasteiger partial charge on any atom is 0.127 e. The van der Waals surface area contributed by atoms with Crippen molar-refractivity contribution in [2.75, 3.05) is 26.2 Å². The Morgan fingerprint density at radius 3 is 2.27 bits per heavy atom. The molecule has 0 aromatic carbocycles. The molecular weight excluding hydrogens is 136 g/mol. The number of hydrogen-bond donors (Lipinski definition) is 2. The highest BCUT2D eigenvalue weighted by atomic mass is 15.1. The molecule has 11 heavy (non-hydrogen) atoms. The van der Waals surface area contributed by atoms with E-state index >= 15 is 0 Å². The zero-order valence-corrected chi connectivity index (χ0v) is 7.90. The Kier molecular flexibility index (Phi) is 3.34. The minimum absolute atomic E-state index is 0.931. The van der Waals surface area contributed by atoms with Crippen LogP contribution < -0.4 is 10.6 Å². The highest BCUT2D eigenvalue weighted by molar-refractivity contribution is 4.61. The first-order valence-corrected chi connectivity index (χ1v) is 4.85. The van der Waals surface area contributed by atoms with E-state index in [1.807, 2.05) is 0 Å². The standard InChI is InChI=1S/C9H20N2/c1-8-5-9(2)7-11(6-8)4-3-10/h8-9H,3-7,10H2,1-2H3/p+2/t8-,9-/m0/s1. The first kappa shape index (κ1) is 9.01. The SMILES string of the molecule is C[C@H]1C[C@H](C)C[NH+](CC[NH3+])C1. The predicted molar refractivity (Wildman–Crippen MR) is 46.3 cm³/mol. The van der Waals surface area contributed by atoms with Crippen molar-refractivity contribution >= 4 is 0 Å². The molecule has 0 saturated carbocycles. The molecule has 0 aliphatic carbocycles. The van der Waals surface area contributed by atoms with Crippen LogP contribution >= 0.6 is 0 Å². The quantitative estimate of drug-likeness (QED) is 0.505. The monoisotopic (exact) mass is 158 g/mol. The van der Waals surface area contributed by atoms with Crippen LogP contribution in [0.25, 0.3) is 0 Å². The van der Waals surface area contributed by atoms with Gasteiger partial charge in [0.15, 0.2) is 0 Å². The maximum absolute atomic E-state index is 3.91. The lowest BCUT2D eigenvalue weighted by molar-refractivity contribution is -0.916. The summed E-state index contributed by atoms with van der Waals surface area (Å²) in [4.78, 5) is 1.77. The molecule has 1 aliphatic heterocycles. The van der Waals surface area contributed by atoms with E-state index in [9.17, 15) is 0 Å². The van der Waals surface area contributed by atoms with E-state index in [1.54, 1.807) is 4.90 Å². The Morgan fingerprint density at radius 2 is 1.82 bits per heavy atom. The molecule has 0 spiro atoms. The fourth-order valence-corrected chi connectivity index (χ4v) is 2.38. The average molecular weight is 158 g/mol. The number of likely N-dealkylation sites (tertiary alicyclic amines) is 1. The molecule has 0 unspecified atom stereocenters. The van der Waals surface area contributed by atoms with Gasteiger partial charge < -0.3 is 10.6 Å². The summed E-state index contributed by atoms with van der Waals surface area (Å²) in [6.45, 7) is 9.86. The molecule has 1 fully saturated rings. The Labute approximate surface area is 69.8 Å². The maximum atomic E-state index is 3.91. The molecule has 2 atom stereocenters. The van der Waals surface area contributed by atoms with Crippen LogP contribution in [0.1, 0.15) is 20.3 Å². The van der Waals surface area contributed by atoms with Crippen molar-refractivity contribution < 1.29 is 10.6 Å². The number of quaternary nitrogens is 2. The van der Waals surface area contributed by atoms with E-state index in [0.717, 1.165) is 18.4 Å². The van der Waals surface area contributed by atoms with Crippen molar-refractivity contribution in [1.82, 2.24) is 0 Å². The second-order valence-corrected chi connectivity index (χ2v) is 4.21. The van der Waals surface area contributed by atoms with Crippen LogP contribution in [0.5, 0.6) is 0 Å². The van der Waals surface area contributed by atoms with Gasteiger partial charge in [-0.15, -0.1) is 0 Å². The van der Waals surface area contributed by atoms with Crippen molar-refractivity contribution in [3.05, 3.63) is 0 Å². The first-order valence-electron chi connectivity index (χ1n) is 4.85. The van der Waals surface area contributed by atoms with Gasteiger partial charge in [-0.25, -0.2) is 0 Å². The minimum atomic E-state index is 0.931. The van der Waals surface area contributed by atoms with Gasteiger partial charge in [0, 0.05) is 11.8 Å². The summed E-state index contributed by atoms with van der Waals surface area (Å²) < 4.78 is 0. The lowest BCUT2D eigenvalue weighted by Gasteiger charge is -2.31. The summed E-state index contributed by atoms with van der Waals surface area (Å²) in [5.41, 5.74) is 3.91. The second kappa shape index (κ2) is 4.07. The minimum Gasteiger partial charge on any atom is -0.353 e. The zero-order chi connectivity index (χ0) is 8.27. The smallest absolute Gasteiger partial charge is 0.127 e. The van der Waals surface area contributed by atoms with Gasteiger partial charge in [-0.1, -0.05) is 13.8 Å². The van der Waals surface area contributed by atoms with Gasteiger partial charge in [0.2, 0.25) is 0 Å². The third-order valence-corrected chi connectivity index (χ3v) is 2.61. The topological polar surface area (TPSA) is 32.1 Å². The van der Waals surface area contributed by atoms with Crippen LogP contribution in [-0.2, 0) is 0 Å². The summed E-state index contributed by atoms with van der Waals surface area (Å²) in [6.07, 6.45) is 1.43. The third-order valence-electron chi connectivity index (χ3n) is 2.61. The van der Waals surface area contributed by atoms with E-state index in [2.05, 4.69) is 19.6 Å². The second-order valence-electron chi connectivity index (χ2n) is 4.21. The Hall–Kier alpha value is -0.0800.